The van der Waals surface area contributed by atoms with E-state index in [2.05, 4.69) is 10.2 Å². The van der Waals surface area contributed by atoms with Gasteiger partial charge >= 0.3 is 0 Å². The van der Waals surface area contributed by atoms with Crippen LogP contribution in [0.5, 0.6) is 0 Å². The lowest BCUT2D eigenvalue weighted by molar-refractivity contribution is 0.765. The van der Waals surface area contributed by atoms with Crippen LogP contribution in [0.3, 0.4) is 0 Å². The van der Waals surface area contributed by atoms with Crippen LogP contribution in [0.1, 0.15) is 11.4 Å². The highest BCUT2D eigenvalue weighted by Crippen LogP contribution is 2.26. The van der Waals surface area contributed by atoms with Gasteiger partial charge in [0.05, 0.1) is 10.0 Å². The van der Waals surface area contributed by atoms with Gasteiger partial charge in [0, 0.05) is 12.8 Å². The highest BCUT2D eigenvalue weighted by atomic mass is 35.5. The van der Waals surface area contributed by atoms with Crippen LogP contribution < -0.4 is 0 Å². The van der Waals surface area contributed by atoms with Gasteiger partial charge in [-0.15, -0.1) is 10.2 Å². The van der Waals surface area contributed by atoms with Crippen LogP contribution in [0.25, 0.3) is 0 Å². The zero-order chi connectivity index (χ0) is 12.4. The van der Waals surface area contributed by atoms with E-state index in [1.165, 1.54) is 0 Å². The minimum atomic E-state index is 0.579. The molecule has 0 aliphatic carbocycles. The molecule has 0 aliphatic heterocycles. The molecule has 0 amide bonds. The molecule has 17 heavy (non-hydrogen) atoms. The second-order valence-corrected chi connectivity index (χ2v) is 5.38. The standard InChI is InChI=1S/C11H11Cl2N3S/c1-7-14-15-11(16(7)2)17-6-8-3-4-9(12)10(13)5-8/h3-5H,6H2,1-2H3. The Morgan fingerprint density at radius 2 is 2.00 bits per heavy atom. The van der Waals surface area contributed by atoms with Gasteiger partial charge in [-0.3, -0.25) is 0 Å². The lowest BCUT2D eigenvalue weighted by Gasteiger charge is -2.03. The molecule has 90 valence electrons. The summed E-state index contributed by atoms with van der Waals surface area (Å²) in [6, 6.07) is 5.65. The fourth-order valence-corrected chi connectivity index (χ4v) is 2.51. The molecule has 6 heteroatoms. The fraction of sp³-hybridized carbons (Fsp3) is 0.273. The van der Waals surface area contributed by atoms with Crippen molar-refractivity contribution in [3.63, 3.8) is 0 Å². The van der Waals surface area contributed by atoms with Crippen LogP contribution in [0, 0.1) is 6.92 Å². The SMILES string of the molecule is Cc1nnc(SCc2ccc(Cl)c(Cl)c2)n1C. The van der Waals surface area contributed by atoms with Gasteiger partial charge in [0.25, 0.3) is 0 Å². The maximum absolute atomic E-state index is 5.96. The molecule has 0 bridgehead atoms. The van der Waals surface area contributed by atoms with Gasteiger partial charge in [-0.05, 0) is 24.6 Å². The van der Waals surface area contributed by atoms with E-state index in [1.54, 1.807) is 11.8 Å². The first-order valence-corrected chi connectivity index (χ1v) is 6.75. The van der Waals surface area contributed by atoms with E-state index in [0.717, 1.165) is 22.3 Å². The van der Waals surface area contributed by atoms with Gasteiger partial charge in [0.2, 0.25) is 0 Å². The normalized spacial score (nSPS) is 10.8. The number of hydrogen-bond acceptors (Lipinski definition) is 3. The lowest BCUT2D eigenvalue weighted by atomic mass is 10.2. The summed E-state index contributed by atoms with van der Waals surface area (Å²) in [6.07, 6.45) is 0. The fourth-order valence-electron chi connectivity index (χ4n) is 1.29. The average molecular weight is 288 g/mol. The van der Waals surface area contributed by atoms with Crippen molar-refractivity contribution in [3.8, 4) is 0 Å². The van der Waals surface area contributed by atoms with E-state index in [1.807, 2.05) is 36.7 Å². The Kier molecular flexibility index (Phi) is 3.97. The summed E-state index contributed by atoms with van der Waals surface area (Å²) in [4.78, 5) is 0. The van der Waals surface area contributed by atoms with Crippen LogP contribution in [-0.4, -0.2) is 14.8 Å². The first-order chi connectivity index (χ1) is 8.08. The van der Waals surface area contributed by atoms with Crippen molar-refractivity contribution in [1.29, 1.82) is 0 Å². The summed E-state index contributed by atoms with van der Waals surface area (Å²) in [5.74, 6) is 1.70. The molecule has 0 fully saturated rings. The van der Waals surface area contributed by atoms with Crippen molar-refractivity contribution >= 4 is 35.0 Å². The van der Waals surface area contributed by atoms with Crippen LogP contribution >= 0.6 is 35.0 Å². The molecule has 1 aromatic heterocycles. The Labute approximate surface area is 114 Å². The maximum Gasteiger partial charge on any atom is 0.191 e. The maximum atomic E-state index is 5.96. The van der Waals surface area contributed by atoms with E-state index in [-0.39, 0.29) is 0 Å². The molecule has 1 aromatic carbocycles. The van der Waals surface area contributed by atoms with Crippen LogP contribution in [-0.2, 0) is 12.8 Å². The molecule has 1 heterocycles. The molecule has 0 N–H and O–H groups in total. The van der Waals surface area contributed by atoms with Crippen molar-refractivity contribution in [2.45, 2.75) is 17.8 Å². The second-order valence-electron chi connectivity index (χ2n) is 3.63. The lowest BCUT2D eigenvalue weighted by Crippen LogP contribution is -1.93. The monoisotopic (exact) mass is 287 g/mol. The predicted molar refractivity (Wildman–Crippen MR) is 71.8 cm³/mol. The average Bonchev–Trinajstić information content (AvgIpc) is 2.62. The number of hydrogen-bond donors (Lipinski definition) is 0. The van der Waals surface area contributed by atoms with E-state index >= 15 is 0 Å². The highest BCUT2D eigenvalue weighted by Gasteiger charge is 2.06. The van der Waals surface area contributed by atoms with Gasteiger partial charge in [0.15, 0.2) is 5.16 Å². The third-order valence-electron chi connectivity index (χ3n) is 2.40. The number of aromatic nitrogens is 3. The molecule has 2 aromatic rings. The van der Waals surface area contributed by atoms with E-state index in [9.17, 15) is 0 Å². The van der Waals surface area contributed by atoms with E-state index in [4.69, 9.17) is 23.2 Å². The minimum Gasteiger partial charge on any atom is -0.309 e. The molecule has 0 aliphatic rings. The molecule has 2 rings (SSSR count). The summed E-state index contributed by atoms with van der Waals surface area (Å²) in [7, 11) is 1.95. The predicted octanol–water partition coefficient (Wildman–Crippen LogP) is 3.72. The van der Waals surface area contributed by atoms with Crippen molar-refractivity contribution < 1.29 is 0 Å². The zero-order valence-electron chi connectivity index (χ0n) is 9.44. The third-order valence-corrected chi connectivity index (χ3v) is 4.23. The van der Waals surface area contributed by atoms with Crippen molar-refractivity contribution in [2.75, 3.05) is 0 Å². The van der Waals surface area contributed by atoms with Crippen LogP contribution in [0.2, 0.25) is 10.0 Å². The molecule has 0 saturated heterocycles. The molecular formula is C11H11Cl2N3S. The van der Waals surface area contributed by atoms with Gasteiger partial charge in [-0.2, -0.15) is 0 Å². The first-order valence-electron chi connectivity index (χ1n) is 5.00. The van der Waals surface area contributed by atoms with Crippen molar-refractivity contribution in [2.24, 2.45) is 7.05 Å². The molecule has 0 radical (unpaired) electrons. The second kappa shape index (κ2) is 5.29. The van der Waals surface area contributed by atoms with Gasteiger partial charge in [-0.25, -0.2) is 0 Å². The van der Waals surface area contributed by atoms with Gasteiger partial charge in [-0.1, -0.05) is 41.0 Å². The number of thioether (sulfide) groups is 1. The summed E-state index contributed by atoms with van der Waals surface area (Å²) in [6.45, 7) is 1.93. The first kappa shape index (κ1) is 12.7. The number of rotatable bonds is 3. The van der Waals surface area contributed by atoms with Gasteiger partial charge in [0.1, 0.15) is 5.82 Å². The summed E-state index contributed by atoms with van der Waals surface area (Å²) in [5.41, 5.74) is 1.12. The Morgan fingerprint density at radius 3 is 2.59 bits per heavy atom. The van der Waals surface area contributed by atoms with Crippen molar-refractivity contribution in [3.05, 3.63) is 39.6 Å². The molecular weight excluding hydrogens is 277 g/mol. The zero-order valence-corrected chi connectivity index (χ0v) is 11.8. The molecule has 0 saturated carbocycles. The third kappa shape index (κ3) is 2.94. The molecule has 0 unspecified atom stereocenters. The number of benzene rings is 1. The van der Waals surface area contributed by atoms with E-state index in [0.29, 0.717) is 10.0 Å². The minimum absolute atomic E-state index is 0.579. The smallest absolute Gasteiger partial charge is 0.191 e. The Bertz CT molecular complexity index is 540. The summed E-state index contributed by atoms with van der Waals surface area (Å²) in [5, 5.41) is 10.2. The van der Waals surface area contributed by atoms with Crippen molar-refractivity contribution in [1.82, 2.24) is 14.8 Å². The highest BCUT2D eigenvalue weighted by molar-refractivity contribution is 7.98. The number of halogens is 2. The molecule has 0 spiro atoms. The van der Waals surface area contributed by atoms with E-state index < -0.39 is 0 Å². The number of nitrogens with zero attached hydrogens (tertiary/aromatic N) is 3. The topological polar surface area (TPSA) is 30.7 Å². The van der Waals surface area contributed by atoms with Crippen LogP contribution in [0.15, 0.2) is 23.4 Å². The van der Waals surface area contributed by atoms with Gasteiger partial charge < -0.3 is 4.57 Å². The summed E-state index contributed by atoms with van der Waals surface area (Å²) < 4.78 is 1.96. The van der Waals surface area contributed by atoms with Crippen LogP contribution in [0.4, 0.5) is 0 Å². The Balaban J connectivity index is 2.07. The molecule has 3 nitrogen and oxygen atoms in total. The quantitative estimate of drug-likeness (QED) is 0.806. The largest absolute Gasteiger partial charge is 0.309 e. The Morgan fingerprint density at radius 1 is 1.24 bits per heavy atom. The molecule has 0 atom stereocenters. The number of aryl methyl sites for hydroxylation is 1. The Hall–Kier alpha value is -0.710. The summed E-state index contributed by atoms with van der Waals surface area (Å²) >= 11 is 13.4.